The summed E-state index contributed by atoms with van der Waals surface area (Å²) < 4.78 is 10.7. The fourth-order valence-corrected chi connectivity index (χ4v) is 4.94. The smallest absolute Gasteiger partial charge is 0.225 e. The van der Waals surface area contributed by atoms with Gasteiger partial charge in [0.2, 0.25) is 5.91 Å². The molecule has 3 aliphatic rings. The first-order chi connectivity index (χ1) is 12.2. The number of ether oxygens (including phenoxy) is 2. The first kappa shape index (κ1) is 16.9. The van der Waals surface area contributed by atoms with E-state index in [1.54, 1.807) is 7.11 Å². The van der Waals surface area contributed by atoms with Crippen LogP contribution in [0.4, 0.5) is 0 Å². The van der Waals surface area contributed by atoms with E-state index in [0.29, 0.717) is 23.8 Å². The number of likely N-dealkylation sites (tertiary alicyclic amines) is 2. The Morgan fingerprint density at radius 3 is 2.52 bits per heavy atom. The molecule has 0 bridgehead atoms. The minimum atomic E-state index is 0.171. The Bertz CT molecular complexity index is 612. The highest BCUT2D eigenvalue weighted by Gasteiger charge is 2.47. The van der Waals surface area contributed by atoms with E-state index in [9.17, 15) is 4.79 Å². The van der Waals surface area contributed by atoms with Crippen LogP contribution >= 0.6 is 0 Å². The van der Waals surface area contributed by atoms with Gasteiger partial charge >= 0.3 is 0 Å². The molecule has 3 heterocycles. The number of methoxy groups -OCH3 is 1. The zero-order valence-corrected chi connectivity index (χ0v) is 15.2. The van der Waals surface area contributed by atoms with E-state index in [-0.39, 0.29) is 5.92 Å². The van der Waals surface area contributed by atoms with Gasteiger partial charge in [0.15, 0.2) is 0 Å². The molecule has 0 unspecified atom stereocenters. The molecule has 1 aromatic rings. The van der Waals surface area contributed by atoms with Crippen molar-refractivity contribution in [2.75, 3.05) is 47.0 Å². The molecular weight excluding hydrogens is 316 g/mol. The highest BCUT2D eigenvalue weighted by atomic mass is 16.5. The first-order valence-corrected chi connectivity index (χ1v) is 9.38. The second-order valence-corrected chi connectivity index (χ2v) is 7.71. The Balaban J connectivity index is 1.47. The van der Waals surface area contributed by atoms with Gasteiger partial charge in [-0.25, -0.2) is 0 Å². The van der Waals surface area contributed by atoms with Crippen molar-refractivity contribution in [1.29, 1.82) is 0 Å². The molecule has 1 aromatic carbocycles. The third-order valence-electron chi connectivity index (χ3n) is 6.23. The number of nitrogens with zero attached hydrogens (tertiary/aromatic N) is 2. The van der Waals surface area contributed by atoms with Crippen LogP contribution in [0.1, 0.15) is 24.4 Å². The molecule has 3 aliphatic heterocycles. The zero-order valence-electron chi connectivity index (χ0n) is 15.2. The molecule has 3 atom stereocenters. The van der Waals surface area contributed by atoms with E-state index in [4.69, 9.17) is 9.47 Å². The average molecular weight is 344 g/mol. The van der Waals surface area contributed by atoms with E-state index in [1.165, 1.54) is 5.56 Å². The Hall–Kier alpha value is -1.59. The van der Waals surface area contributed by atoms with Crippen molar-refractivity contribution >= 4 is 5.91 Å². The summed E-state index contributed by atoms with van der Waals surface area (Å²) in [5.74, 6) is 2.53. The first-order valence-electron chi connectivity index (χ1n) is 9.38. The minimum absolute atomic E-state index is 0.171. The third kappa shape index (κ3) is 3.15. The van der Waals surface area contributed by atoms with Crippen LogP contribution in [-0.4, -0.2) is 62.7 Å². The summed E-state index contributed by atoms with van der Waals surface area (Å²) in [5, 5.41) is 0. The van der Waals surface area contributed by atoms with Gasteiger partial charge < -0.3 is 14.4 Å². The van der Waals surface area contributed by atoms with E-state index in [2.05, 4.69) is 29.0 Å². The predicted octanol–water partition coefficient (Wildman–Crippen LogP) is 2.18. The number of amides is 1. The van der Waals surface area contributed by atoms with Crippen LogP contribution in [0.15, 0.2) is 24.3 Å². The highest BCUT2D eigenvalue weighted by Crippen LogP contribution is 2.44. The van der Waals surface area contributed by atoms with Crippen LogP contribution in [-0.2, 0) is 9.53 Å². The second kappa shape index (κ2) is 6.96. The number of fused-ring (bicyclic) bond motifs is 1. The summed E-state index contributed by atoms with van der Waals surface area (Å²) in [5.41, 5.74) is 1.33. The van der Waals surface area contributed by atoms with E-state index in [0.717, 1.165) is 51.4 Å². The highest BCUT2D eigenvalue weighted by molar-refractivity contribution is 5.79. The van der Waals surface area contributed by atoms with Gasteiger partial charge in [-0.15, -0.1) is 0 Å². The third-order valence-corrected chi connectivity index (χ3v) is 6.23. The second-order valence-electron chi connectivity index (χ2n) is 7.71. The molecule has 5 nitrogen and oxygen atoms in total. The summed E-state index contributed by atoms with van der Waals surface area (Å²) in [4.78, 5) is 17.5. The standard InChI is InChI=1S/C20H28N2O3/c1-21-11-16-12-22(20(23)15-7-9-25-10-8-15)13-18(16)19(21)14-3-5-17(24-2)6-4-14/h3-6,15-16,18-19H,7-13H2,1-2H3/t16-,18+,19-/m0/s1. The molecule has 0 aromatic heterocycles. The summed E-state index contributed by atoms with van der Waals surface area (Å²) in [6.45, 7) is 4.33. The molecule has 0 saturated carbocycles. The van der Waals surface area contributed by atoms with Crippen molar-refractivity contribution in [3.8, 4) is 5.75 Å². The predicted molar refractivity (Wildman–Crippen MR) is 95.5 cm³/mol. The van der Waals surface area contributed by atoms with Gasteiger partial charge in [0.05, 0.1) is 7.11 Å². The molecule has 0 aliphatic carbocycles. The number of carbonyl (C=O) groups excluding carboxylic acids is 1. The SMILES string of the molecule is COc1ccc([C@H]2[C@@H]3CN(C(=O)C4CCOCC4)C[C@@H]3CN2C)cc1. The summed E-state index contributed by atoms with van der Waals surface area (Å²) in [7, 11) is 3.90. The van der Waals surface area contributed by atoms with Crippen molar-refractivity contribution in [3.05, 3.63) is 29.8 Å². The van der Waals surface area contributed by atoms with Crippen molar-refractivity contribution in [3.63, 3.8) is 0 Å². The molecule has 0 radical (unpaired) electrons. The van der Waals surface area contributed by atoms with E-state index >= 15 is 0 Å². The number of benzene rings is 1. The number of hydrogen-bond donors (Lipinski definition) is 0. The quantitative estimate of drug-likeness (QED) is 0.843. The lowest BCUT2D eigenvalue weighted by atomic mass is 9.89. The zero-order chi connectivity index (χ0) is 17.4. The van der Waals surface area contributed by atoms with Crippen LogP contribution in [0, 0.1) is 17.8 Å². The average Bonchev–Trinajstić information content (AvgIpc) is 3.18. The van der Waals surface area contributed by atoms with Gasteiger partial charge in [0.1, 0.15) is 5.75 Å². The molecule has 5 heteroatoms. The summed E-state index contributed by atoms with van der Waals surface area (Å²) in [6.07, 6.45) is 1.76. The largest absolute Gasteiger partial charge is 0.497 e. The maximum absolute atomic E-state index is 12.9. The number of carbonyl (C=O) groups is 1. The normalized spacial score (nSPS) is 30.5. The maximum Gasteiger partial charge on any atom is 0.225 e. The lowest BCUT2D eigenvalue weighted by Gasteiger charge is -2.29. The number of hydrogen-bond acceptors (Lipinski definition) is 4. The fourth-order valence-electron chi connectivity index (χ4n) is 4.94. The number of rotatable bonds is 3. The topological polar surface area (TPSA) is 42.0 Å². The van der Waals surface area contributed by atoms with Gasteiger partial charge in [-0.3, -0.25) is 9.69 Å². The van der Waals surface area contributed by atoms with Gasteiger partial charge in [0.25, 0.3) is 0 Å². The molecule has 0 N–H and O–H groups in total. The van der Waals surface area contributed by atoms with Gasteiger partial charge in [-0.05, 0) is 43.5 Å². The van der Waals surface area contributed by atoms with E-state index < -0.39 is 0 Å². The molecule has 136 valence electrons. The van der Waals surface area contributed by atoms with Gasteiger partial charge in [-0.2, -0.15) is 0 Å². The van der Waals surface area contributed by atoms with Crippen molar-refractivity contribution in [2.24, 2.45) is 17.8 Å². The monoisotopic (exact) mass is 344 g/mol. The van der Waals surface area contributed by atoms with Gasteiger partial charge in [-0.1, -0.05) is 12.1 Å². The van der Waals surface area contributed by atoms with Crippen LogP contribution in [0.25, 0.3) is 0 Å². The Morgan fingerprint density at radius 2 is 1.84 bits per heavy atom. The molecule has 3 fully saturated rings. The summed E-state index contributed by atoms with van der Waals surface area (Å²) in [6, 6.07) is 8.81. The lowest BCUT2D eigenvalue weighted by molar-refractivity contribution is -0.137. The van der Waals surface area contributed by atoms with Crippen molar-refractivity contribution in [2.45, 2.75) is 18.9 Å². The van der Waals surface area contributed by atoms with Gasteiger partial charge in [0, 0.05) is 50.7 Å². The molecule has 3 saturated heterocycles. The Labute approximate surface area is 149 Å². The lowest BCUT2D eigenvalue weighted by Crippen LogP contribution is -2.39. The molecule has 25 heavy (non-hydrogen) atoms. The molecular formula is C20H28N2O3. The van der Waals surface area contributed by atoms with Crippen LogP contribution < -0.4 is 4.74 Å². The van der Waals surface area contributed by atoms with Crippen LogP contribution in [0.2, 0.25) is 0 Å². The Kier molecular flexibility index (Phi) is 4.69. The molecule has 1 amide bonds. The molecule has 0 spiro atoms. The van der Waals surface area contributed by atoms with Crippen LogP contribution in [0.3, 0.4) is 0 Å². The van der Waals surface area contributed by atoms with Crippen molar-refractivity contribution in [1.82, 2.24) is 9.80 Å². The molecule has 4 rings (SSSR count). The van der Waals surface area contributed by atoms with E-state index in [1.807, 2.05) is 12.1 Å². The maximum atomic E-state index is 12.9. The van der Waals surface area contributed by atoms with Crippen LogP contribution in [0.5, 0.6) is 5.75 Å². The Morgan fingerprint density at radius 1 is 1.12 bits per heavy atom. The summed E-state index contributed by atoms with van der Waals surface area (Å²) >= 11 is 0. The van der Waals surface area contributed by atoms with Crippen molar-refractivity contribution < 1.29 is 14.3 Å². The fraction of sp³-hybridized carbons (Fsp3) is 0.650. The minimum Gasteiger partial charge on any atom is -0.497 e.